The first-order valence-electron chi connectivity index (χ1n) is 4.84. The van der Waals surface area contributed by atoms with Crippen LogP contribution in [0.2, 0.25) is 0 Å². The maximum absolute atomic E-state index is 8.49. The molecule has 0 bridgehead atoms. The van der Waals surface area contributed by atoms with Gasteiger partial charge in [0.15, 0.2) is 12.4 Å². The van der Waals surface area contributed by atoms with Crippen LogP contribution in [0.4, 0.5) is 0 Å². The number of hydrogen-bond donors (Lipinski definition) is 0. The summed E-state index contributed by atoms with van der Waals surface area (Å²) in [6.07, 6.45) is 4.03. The fraction of sp³-hybridized carbons (Fsp3) is 0. The van der Waals surface area contributed by atoms with E-state index in [1.807, 2.05) is 17.5 Å². The van der Waals surface area contributed by atoms with E-state index in [1.165, 1.54) is 20.2 Å². The predicted octanol–water partition coefficient (Wildman–Crippen LogP) is -1.89. The summed E-state index contributed by atoms with van der Waals surface area (Å²) in [5.74, 6) is 0. The second-order valence-corrected chi connectivity index (χ2v) is 5.24. The Bertz CT molecular complexity index is 608. The Morgan fingerprint density at radius 3 is 2.22 bits per heavy atom. The molecule has 0 atom stereocenters. The third-order valence-electron chi connectivity index (χ3n) is 2.22. The zero-order chi connectivity index (χ0) is 13.2. The number of thiophene rings is 1. The molecule has 0 amide bonds. The van der Waals surface area contributed by atoms with Crippen molar-refractivity contribution in [2.24, 2.45) is 0 Å². The lowest BCUT2D eigenvalue weighted by Crippen LogP contribution is -2.68. The lowest BCUT2D eigenvalue weighted by atomic mass is 10.2. The van der Waals surface area contributed by atoms with Crippen LogP contribution < -0.4 is 23.6 Å². The van der Waals surface area contributed by atoms with Crippen LogP contribution >= 0.6 is 11.3 Å². The Labute approximate surface area is 108 Å². The molecule has 3 rings (SSSR count). The van der Waals surface area contributed by atoms with Gasteiger partial charge in [-0.3, -0.25) is 0 Å². The fourth-order valence-corrected chi connectivity index (χ4v) is 2.71. The summed E-state index contributed by atoms with van der Waals surface area (Å²) in [4.78, 5) is 3.11. The molecule has 5 nitrogen and oxygen atoms in total. The molecule has 1 N–H and O–H groups in total. The van der Waals surface area contributed by atoms with Crippen molar-refractivity contribution in [3.63, 3.8) is 0 Å². The minimum atomic E-state index is -4.94. The van der Waals surface area contributed by atoms with Gasteiger partial charge in [0.1, 0.15) is 0 Å². The van der Waals surface area contributed by atoms with Gasteiger partial charge in [0.2, 0.25) is 0 Å². The summed E-state index contributed by atoms with van der Waals surface area (Å²) in [6, 6.07) is 10.6. The second-order valence-electron chi connectivity index (χ2n) is 3.40. The molecular formula is C11H8ClNO4S. The molecule has 7 heteroatoms. The molecule has 1 aromatic carbocycles. The zero-order valence-corrected chi connectivity index (χ0v) is 10.5. The number of H-pyrrole nitrogens is 1. The van der Waals surface area contributed by atoms with E-state index in [-0.39, 0.29) is 0 Å². The van der Waals surface area contributed by atoms with E-state index >= 15 is 0 Å². The number of benzene rings is 1. The maximum atomic E-state index is 8.49. The number of halogens is 1. The highest BCUT2D eigenvalue weighted by atomic mass is 35.7. The second kappa shape index (κ2) is 5.15. The highest BCUT2D eigenvalue weighted by molar-refractivity contribution is 7.25. The molecule has 0 aliphatic carbocycles. The SMILES string of the molecule is [O-][Cl+3]([O-])([O-])[O-].c1ccc2c(c1)sc1c[nH+]ccc12. The molecule has 0 aliphatic rings. The van der Waals surface area contributed by atoms with Crippen LogP contribution in [0.1, 0.15) is 0 Å². The van der Waals surface area contributed by atoms with E-state index in [0.717, 1.165) is 0 Å². The van der Waals surface area contributed by atoms with Crippen molar-refractivity contribution >= 4 is 31.5 Å². The minimum Gasteiger partial charge on any atom is -0.222 e. The van der Waals surface area contributed by atoms with Crippen molar-refractivity contribution in [2.45, 2.75) is 0 Å². The quantitative estimate of drug-likeness (QED) is 0.481. The van der Waals surface area contributed by atoms with E-state index in [4.69, 9.17) is 18.6 Å². The average molecular weight is 286 g/mol. The molecule has 18 heavy (non-hydrogen) atoms. The summed E-state index contributed by atoms with van der Waals surface area (Å²) >= 11 is 1.83. The van der Waals surface area contributed by atoms with Crippen molar-refractivity contribution in [1.29, 1.82) is 0 Å². The lowest BCUT2D eigenvalue weighted by Gasteiger charge is -2.17. The number of rotatable bonds is 0. The first-order chi connectivity index (χ1) is 8.45. The zero-order valence-electron chi connectivity index (χ0n) is 8.96. The van der Waals surface area contributed by atoms with Crippen molar-refractivity contribution in [1.82, 2.24) is 0 Å². The summed E-state index contributed by atoms with van der Waals surface area (Å²) in [5, 5.41) is 2.70. The largest absolute Gasteiger partial charge is 0.222 e. The lowest BCUT2D eigenvalue weighted by molar-refractivity contribution is -2.00. The molecule has 0 spiro atoms. The third kappa shape index (κ3) is 3.36. The van der Waals surface area contributed by atoms with Gasteiger partial charge < -0.3 is 0 Å². The molecule has 0 unspecified atom stereocenters. The molecular weight excluding hydrogens is 278 g/mol. The monoisotopic (exact) mass is 285 g/mol. The Kier molecular flexibility index (Phi) is 3.76. The molecule has 3 aromatic rings. The molecule has 0 saturated carbocycles. The van der Waals surface area contributed by atoms with E-state index in [2.05, 4.69) is 41.5 Å². The van der Waals surface area contributed by atoms with Gasteiger partial charge in [-0.2, -0.15) is 0 Å². The summed E-state index contributed by atoms with van der Waals surface area (Å²) in [5.41, 5.74) is 0. The first-order valence-corrected chi connectivity index (χ1v) is 6.89. The standard InChI is InChI=1S/C11H7NS.ClHO4/c1-2-4-10-8(3-1)9-5-6-12-7-11(9)13-10;2-1(3,4)5/h1-7H;(H,2,3,4,5). The van der Waals surface area contributed by atoms with E-state index < -0.39 is 10.2 Å². The van der Waals surface area contributed by atoms with Crippen molar-refractivity contribution in [2.75, 3.05) is 0 Å². The third-order valence-corrected chi connectivity index (χ3v) is 3.36. The van der Waals surface area contributed by atoms with Gasteiger partial charge in [0.05, 0.1) is 4.70 Å². The Morgan fingerprint density at radius 2 is 1.50 bits per heavy atom. The van der Waals surface area contributed by atoms with Gasteiger partial charge in [-0.15, -0.1) is 21.6 Å². The van der Waals surface area contributed by atoms with E-state index in [0.29, 0.717) is 0 Å². The predicted molar refractivity (Wildman–Crippen MR) is 55.9 cm³/mol. The first kappa shape index (κ1) is 13.2. The minimum absolute atomic E-state index is 1.32. The number of hydrogen-bond acceptors (Lipinski definition) is 5. The van der Waals surface area contributed by atoms with Gasteiger partial charge in [-0.05, 0) is 6.07 Å². The van der Waals surface area contributed by atoms with Crippen LogP contribution in [0.15, 0.2) is 42.7 Å². The number of aromatic nitrogens is 1. The van der Waals surface area contributed by atoms with Crippen molar-refractivity contribution < 1.29 is 33.9 Å². The maximum Gasteiger partial charge on any atom is 0.185 e. The van der Waals surface area contributed by atoms with Crippen LogP contribution in [0.3, 0.4) is 0 Å². The van der Waals surface area contributed by atoms with E-state index in [1.54, 1.807) is 0 Å². The van der Waals surface area contributed by atoms with Crippen LogP contribution in [0.25, 0.3) is 20.2 Å². The van der Waals surface area contributed by atoms with Gasteiger partial charge in [-0.25, -0.2) is 23.6 Å². The van der Waals surface area contributed by atoms with Gasteiger partial charge in [0.25, 0.3) is 0 Å². The van der Waals surface area contributed by atoms with Crippen LogP contribution in [-0.4, -0.2) is 0 Å². The molecule has 94 valence electrons. The number of fused-ring (bicyclic) bond motifs is 3. The molecule has 2 aromatic heterocycles. The van der Waals surface area contributed by atoms with Crippen molar-refractivity contribution in [3.8, 4) is 0 Å². The van der Waals surface area contributed by atoms with Crippen molar-refractivity contribution in [3.05, 3.63) is 42.7 Å². The summed E-state index contributed by atoms with van der Waals surface area (Å²) in [7, 11) is -4.94. The summed E-state index contributed by atoms with van der Waals surface area (Å²) < 4.78 is 36.7. The highest BCUT2D eigenvalue weighted by Crippen LogP contribution is 2.31. The van der Waals surface area contributed by atoms with Gasteiger partial charge in [0, 0.05) is 21.5 Å². The number of aromatic amines is 1. The molecule has 0 aliphatic heterocycles. The average Bonchev–Trinajstić information content (AvgIpc) is 2.65. The Balaban J connectivity index is 0.000000209. The Morgan fingerprint density at radius 1 is 0.889 bits per heavy atom. The summed E-state index contributed by atoms with van der Waals surface area (Å²) in [6.45, 7) is 0. The van der Waals surface area contributed by atoms with Crippen LogP contribution in [0.5, 0.6) is 0 Å². The number of pyridine rings is 1. The molecule has 0 radical (unpaired) electrons. The van der Waals surface area contributed by atoms with Gasteiger partial charge >= 0.3 is 0 Å². The molecule has 2 heterocycles. The smallest absolute Gasteiger partial charge is 0.185 e. The molecule has 0 fully saturated rings. The van der Waals surface area contributed by atoms with Crippen LogP contribution in [0, 0.1) is 10.2 Å². The Hall–Kier alpha value is -1.28. The van der Waals surface area contributed by atoms with E-state index in [9.17, 15) is 0 Å². The molecule has 0 saturated heterocycles. The highest BCUT2D eigenvalue weighted by Gasteiger charge is 2.04. The topological polar surface area (TPSA) is 106 Å². The fourth-order valence-electron chi connectivity index (χ4n) is 1.62. The van der Waals surface area contributed by atoms with Gasteiger partial charge in [-0.1, -0.05) is 18.2 Å². The normalized spacial score (nSPS) is 11.3. The van der Waals surface area contributed by atoms with Crippen LogP contribution in [-0.2, 0) is 0 Å². The number of nitrogens with one attached hydrogen (secondary N) is 1.